The van der Waals surface area contributed by atoms with Crippen molar-refractivity contribution in [3.63, 3.8) is 0 Å². The number of urea groups is 1. The van der Waals surface area contributed by atoms with Gasteiger partial charge in [0.2, 0.25) is 5.91 Å². The Morgan fingerprint density at radius 2 is 1.84 bits per heavy atom. The van der Waals surface area contributed by atoms with Gasteiger partial charge < -0.3 is 15.4 Å². The van der Waals surface area contributed by atoms with Crippen LogP contribution in [0.15, 0.2) is 112 Å². The number of rotatable bonds is 8. The van der Waals surface area contributed by atoms with Gasteiger partial charge in [-0.15, -0.1) is 34.9 Å². The quantitative estimate of drug-likeness (QED) is 0.191. The topological polar surface area (TPSA) is 83.6 Å². The lowest BCUT2D eigenvalue weighted by Gasteiger charge is -2.40. The molecule has 218 valence electrons. The number of aromatic nitrogens is 1. The molecule has 4 aromatic rings. The minimum absolute atomic E-state index is 0.0787. The van der Waals surface area contributed by atoms with E-state index in [4.69, 9.17) is 4.74 Å². The van der Waals surface area contributed by atoms with Gasteiger partial charge in [0.15, 0.2) is 5.13 Å². The van der Waals surface area contributed by atoms with Crippen LogP contribution in [-0.2, 0) is 4.79 Å². The van der Waals surface area contributed by atoms with Crippen molar-refractivity contribution in [3.8, 4) is 17.0 Å². The van der Waals surface area contributed by atoms with Crippen molar-refractivity contribution in [1.29, 1.82) is 0 Å². The molecule has 2 heterocycles. The zero-order valence-corrected chi connectivity index (χ0v) is 26.0. The first-order valence-electron chi connectivity index (χ1n) is 13.9. The van der Waals surface area contributed by atoms with Crippen LogP contribution in [0.2, 0.25) is 0 Å². The third kappa shape index (κ3) is 6.36. The summed E-state index contributed by atoms with van der Waals surface area (Å²) in [6.07, 6.45) is 8.87. The molecule has 0 saturated carbocycles. The lowest BCUT2D eigenvalue weighted by atomic mass is 10.1. The SMILES string of the molecule is CCC(Sc1cccc(NC(=O)N2c3ccccc3SC3C=CC=CC32)c1)C(=O)Nc1nc(-c2ccccc2OC)cs1. The van der Waals surface area contributed by atoms with Crippen molar-refractivity contribution < 1.29 is 14.3 Å². The fourth-order valence-corrected chi connectivity index (χ4v) is 8.02. The molecular weight excluding hydrogens is 597 g/mol. The van der Waals surface area contributed by atoms with E-state index >= 15 is 0 Å². The highest BCUT2D eigenvalue weighted by Gasteiger charge is 2.36. The number of benzene rings is 3. The van der Waals surface area contributed by atoms with Crippen LogP contribution in [0, 0.1) is 0 Å². The Bertz CT molecular complexity index is 1700. The smallest absolute Gasteiger partial charge is 0.326 e. The summed E-state index contributed by atoms with van der Waals surface area (Å²) >= 11 is 4.62. The number of ether oxygens (including phenoxy) is 1. The van der Waals surface area contributed by atoms with Crippen LogP contribution in [0.4, 0.5) is 21.3 Å². The summed E-state index contributed by atoms with van der Waals surface area (Å²) in [4.78, 5) is 35.4. The van der Waals surface area contributed by atoms with Crippen molar-refractivity contribution in [2.45, 2.75) is 39.7 Å². The maximum absolute atomic E-state index is 13.7. The molecule has 3 amide bonds. The molecule has 0 fully saturated rings. The molecule has 6 rings (SSSR count). The lowest BCUT2D eigenvalue weighted by Crippen LogP contribution is -2.49. The second kappa shape index (κ2) is 13.1. The van der Waals surface area contributed by atoms with Crippen molar-refractivity contribution >= 4 is 63.3 Å². The monoisotopic (exact) mass is 626 g/mol. The van der Waals surface area contributed by atoms with Crippen LogP contribution in [0.25, 0.3) is 11.3 Å². The van der Waals surface area contributed by atoms with Crippen LogP contribution in [0.3, 0.4) is 0 Å². The summed E-state index contributed by atoms with van der Waals surface area (Å²) < 4.78 is 5.46. The fourth-order valence-electron chi connectivity index (χ4n) is 5.04. The Labute approximate surface area is 263 Å². The highest BCUT2D eigenvalue weighted by molar-refractivity contribution is 8.00. The van der Waals surface area contributed by atoms with Gasteiger partial charge in [-0.2, -0.15) is 0 Å². The first kappa shape index (κ1) is 29.1. The molecule has 1 aliphatic carbocycles. The predicted octanol–water partition coefficient (Wildman–Crippen LogP) is 8.34. The van der Waals surface area contributed by atoms with Crippen molar-refractivity contribution in [1.82, 2.24) is 4.98 Å². The minimum atomic E-state index is -0.338. The van der Waals surface area contributed by atoms with Gasteiger partial charge >= 0.3 is 6.03 Å². The Morgan fingerprint density at radius 3 is 2.70 bits per heavy atom. The Morgan fingerprint density at radius 1 is 1.02 bits per heavy atom. The number of thiazole rings is 1. The van der Waals surface area contributed by atoms with Crippen LogP contribution >= 0.6 is 34.9 Å². The second-order valence-corrected chi connectivity index (χ2v) is 13.2. The molecule has 0 spiro atoms. The number of hydrogen-bond donors (Lipinski definition) is 2. The van der Waals surface area contributed by atoms with E-state index < -0.39 is 0 Å². The lowest BCUT2D eigenvalue weighted by molar-refractivity contribution is -0.115. The summed E-state index contributed by atoms with van der Waals surface area (Å²) in [5, 5.41) is 8.35. The molecule has 43 heavy (non-hydrogen) atoms. The Hall–Kier alpha value is -3.99. The van der Waals surface area contributed by atoms with E-state index in [1.807, 2.05) is 96.1 Å². The van der Waals surface area contributed by atoms with Gasteiger partial charge in [-0.25, -0.2) is 9.78 Å². The maximum Gasteiger partial charge on any atom is 0.326 e. The normalized spacial score (nSPS) is 17.5. The van der Waals surface area contributed by atoms with Gasteiger partial charge in [0.25, 0.3) is 0 Å². The molecule has 10 heteroatoms. The molecule has 0 radical (unpaired) electrons. The first-order valence-corrected chi connectivity index (χ1v) is 16.6. The van der Waals surface area contributed by atoms with E-state index in [0.29, 0.717) is 17.2 Å². The molecule has 0 saturated heterocycles. The number of carbonyl (C=O) groups is 2. The number of methoxy groups -OCH3 is 1. The van der Waals surface area contributed by atoms with E-state index in [1.54, 1.807) is 18.9 Å². The number of carbonyl (C=O) groups excluding carboxylic acids is 2. The number of para-hydroxylation sites is 2. The number of fused-ring (bicyclic) bond motifs is 2. The number of allylic oxidation sites excluding steroid dienone is 2. The third-order valence-electron chi connectivity index (χ3n) is 7.11. The summed E-state index contributed by atoms with van der Waals surface area (Å²) in [7, 11) is 1.63. The number of nitrogens with one attached hydrogen (secondary N) is 2. The van der Waals surface area contributed by atoms with Gasteiger partial charge in [0.05, 0.1) is 35.0 Å². The summed E-state index contributed by atoms with van der Waals surface area (Å²) in [6.45, 7) is 1.99. The van der Waals surface area contributed by atoms with Crippen molar-refractivity contribution in [3.05, 3.63) is 102 Å². The van der Waals surface area contributed by atoms with Crippen molar-refractivity contribution in [2.75, 3.05) is 22.6 Å². The summed E-state index contributed by atoms with van der Waals surface area (Å²) in [6, 6.07) is 23.1. The number of hydrogen-bond acceptors (Lipinski definition) is 7. The molecule has 3 aromatic carbocycles. The fraction of sp³-hybridized carbons (Fsp3) is 0.182. The first-order chi connectivity index (χ1) is 21.0. The maximum atomic E-state index is 13.7. The second-order valence-electron chi connectivity index (χ2n) is 9.88. The molecule has 7 nitrogen and oxygen atoms in total. The molecule has 2 aliphatic rings. The average Bonchev–Trinajstić information content (AvgIpc) is 3.50. The number of amides is 3. The van der Waals surface area contributed by atoms with E-state index in [0.717, 1.165) is 32.5 Å². The van der Waals surface area contributed by atoms with Crippen molar-refractivity contribution in [2.24, 2.45) is 0 Å². The third-order valence-corrected chi connectivity index (χ3v) is 10.5. The van der Waals surface area contributed by atoms with Crippen LogP contribution < -0.4 is 20.3 Å². The number of thioether (sulfide) groups is 2. The molecule has 1 aromatic heterocycles. The molecule has 0 bridgehead atoms. The summed E-state index contributed by atoms with van der Waals surface area (Å²) in [5.41, 5.74) is 3.20. The average molecular weight is 627 g/mol. The molecule has 3 unspecified atom stereocenters. The van der Waals surface area contributed by atoms with Gasteiger partial charge in [-0.1, -0.05) is 61.6 Å². The van der Waals surface area contributed by atoms with Crippen LogP contribution in [-0.4, -0.2) is 40.6 Å². The number of anilines is 3. The molecular formula is C33H30N4O3S3. The van der Waals surface area contributed by atoms with Crippen LogP contribution in [0.5, 0.6) is 5.75 Å². The zero-order chi connectivity index (χ0) is 29.8. The van der Waals surface area contributed by atoms with Gasteiger partial charge in [0.1, 0.15) is 5.75 Å². The van der Waals surface area contributed by atoms with Gasteiger partial charge in [-0.3, -0.25) is 9.69 Å². The largest absolute Gasteiger partial charge is 0.496 e. The number of nitrogens with zero attached hydrogens (tertiary/aromatic N) is 2. The van der Waals surface area contributed by atoms with Crippen LogP contribution in [0.1, 0.15) is 13.3 Å². The van der Waals surface area contributed by atoms with Gasteiger partial charge in [-0.05, 0) is 48.9 Å². The van der Waals surface area contributed by atoms with E-state index in [9.17, 15) is 9.59 Å². The Balaban J connectivity index is 1.13. The summed E-state index contributed by atoms with van der Waals surface area (Å²) in [5.74, 6) is 0.614. The molecule has 2 N–H and O–H groups in total. The minimum Gasteiger partial charge on any atom is -0.496 e. The molecule has 1 aliphatic heterocycles. The highest BCUT2D eigenvalue weighted by Crippen LogP contribution is 2.44. The Kier molecular flexibility index (Phi) is 8.87. The molecule has 3 atom stereocenters. The highest BCUT2D eigenvalue weighted by atomic mass is 32.2. The predicted molar refractivity (Wildman–Crippen MR) is 179 cm³/mol. The van der Waals surface area contributed by atoms with Gasteiger partial charge in [0, 0.05) is 26.4 Å². The van der Waals surface area contributed by atoms with E-state index in [2.05, 4.69) is 33.8 Å². The zero-order valence-electron chi connectivity index (χ0n) is 23.6. The van der Waals surface area contributed by atoms with E-state index in [1.165, 1.54) is 23.1 Å². The standard InChI is InChI=1S/C33H30N4O3S3/c1-3-28(31(38)36-32-35-24(20-41-32)23-13-4-7-16-27(23)40-2)42-22-12-10-11-21(19-22)34-33(39)37-25-14-5-8-17-29(25)43-30-18-9-6-15-26(30)37/h4-20,25,28-29H,3H2,1-2H3,(H,34,39)(H,35,36,38). The van der Waals surface area contributed by atoms with E-state index in [-0.39, 0.29) is 28.5 Å².